The van der Waals surface area contributed by atoms with Crippen LogP contribution in [0.25, 0.3) is 33.7 Å². The van der Waals surface area contributed by atoms with Crippen LogP contribution in [0.2, 0.25) is 5.02 Å². The van der Waals surface area contributed by atoms with Crippen LogP contribution in [0.15, 0.2) is 77.2 Å². The molecule has 33 heavy (non-hydrogen) atoms. The number of aromatic amines is 1. The molecule has 0 saturated heterocycles. The topological polar surface area (TPSA) is 80.1 Å². The molecule has 0 unspecified atom stereocenters. The molecule has 0 saturated carbocycles. The predicted molar refractivity (Wildman–Crippen MR) is 125 cm³/mol. The van der Waals surface area contributed by atoms with Crippen molar-refractivity contribution in [2.45, 2.75) is 0 Å². The summed E-state index contributed by atoms with van der Waals surface area (Å²) >= 11 is 5.85. The molecule has 0 radical (unpaired) electrons. The van der Waals surface area contributed by atoms with Crippen molar-refractivity contribution >= 4 is 34.2 Å². The van der Waals surface area contributed by atoms with Crippen molar-refractivity contribution in [3.05, 3.63) is 89.4 Å². The number of anilines is 1. The van der Waals surface area contributed by atoms with Gasteiger partial charge in [0.15, 0.2) is 5.76 Å². The highest BCUT2D eigenvalue weighted by molar-refractivity contribution is 6.31. The van der Waals surface area contributed by atoms with Crippen molar-refractivity contribution in [3.63, 3.8) is 0 Å². The van der Waals surface area contributed by atoms with Gasteiger partial charge in [-0.05, 0) is 60.7 Å². The maximum absolute atomic E-state index is 13.4. The Labute approximate surface area is 193 Å². The number of furan rings is 1. The van der Waals surface area contributed by atoms with Crippen LogP contribution in [-0.4, -0.2) is 23.0 Å². The Morgan fingerprint density at radius 3 is 2.67 bits per heavy atom. The molecule has 5 aromatic rings. The van der Waals surface area contributed by atoms with Gasteiger partial charge in [0, 0.05) is 11.1 Å². The van der Waals surface area contributed by atoms with Crippen LogP contribution < -0.4 is 10.1 Å². The largest absolute Gasteiger partial charge is 0.495 e. The molecule has 0 aliphatic carbocycles. The molecule has 6 nitrogen and oxygen atoms in total. The smallest absolute Gasteiger partial charge is 0.291 e. The number of fused-ring (bicyclic) bond motifs is 1. The van der Waals surface area contributed by atoms with Gasteiger partial charge in [0.05, 0.1) is 28.9 Å². The average molecular weight is 462 g/mol. The van der Waals surface area contributed by atoms with Gasteiger partial charge in [-0.15, -0.1) is 0 Å². The van der Waals surface area contributed by atoms with E-state index in [1.165, 1.54) is 31.4 Å². The minimum Gasteiger partial charge on any atom is -0.495 e. The Kier molecular flexibility index (Phi) is 5.32. The molecule has 0 fully saturated rings. The number of benzene rings is 3. The van der Waals surface area contributed by atoms with Gasteiger partial charge in [-0.2, -0.15) is 0 Å². The molecule has 0 aliphatic rings. The lowest BCUT2D eigenvalue weighted by atomic mass is 10.1. The number of H-pyrrole nitrogens is 1. The monoisotopic (exact) mass is 461 g/mol. The van der Waals surface area contributed by atoms with Gasteiger partial charge >= 0.3 is 0 Å². The lowest BCUT2D eigenvalue weighted by Crippen LogP contribution is -2.11. The van der Waals surface area contributed by atoms with E-state index in [1.54, 1.807) is 18.2 Å². The summed E-state index contributed by atoms with van der Waals surface area (Å²) in [6.07, 6.45) is 0. The zero-order chi connectivity index (χ0) is 22.9. The number of carbonyl (C=O) groups is 1. The molecular weight excluding hydrogens is 445 g/mol. The van der Waals surface area contributed by atoms with E-state index in [9.17, 15) is 9.18 Å². The molecule has 3 aromatic carbocycles. The summed E-state index contributed by atoms with van der Waals surface area (Å²) in [5, 5.41) is 2.80. The Morgan fingerprint density at radius 2 is 1.88 bits per heavy atom. The van der Waals surface area contributed by atoms with E-state index in [2.05, 4.69) is 15.3 Å². The predicted octanol–water partition coefficient (Wildman–Crippen LogP) is 6.54. The molecular formula is C25H17ClFN3O3. The summed E-state index contributed by atoms with van der Waals surface area (Å²) in [5.41, 5.74) is 3.56. The quantitative estimate of drug-likeness (QED) is 0.311. The fraction of sp³-hybridized carbons (Fsp3) is 0.0400. The van der Waals surface area contributed by atoms with Crippen LogP contribution in [0, 0.1) is 5.82 Å². The van der Waals surface area contributed by atoms with Crippen molar-refractivity contribution in [3.8, 4) is 28.5 Å². The van der Waals surface area contributed by atoms with Crippen molar-refractivity contribution in [1.29, 1.82) is 0 Å². The van der Waals surface area contributed by atoms with Crippen LogP contribution in [0.4, 0.5) is 10.1 Å². The molecule has 2 heterocycles. The molecule has 164 valence electrons. The molecule has 0 atom stereocenters. The standard InChI is InChI=1S/C25H17ClFN3O3/c1-32-22-9-7-15(24-28-18-4-2-3-5-19(18)29-24)13-20(22)30-25(31)23-11-10-21(33-23)14-6-8-17(27)16(26)12-14/h2-13H,1H3,(H,28,29)(H,30,31). The van der Waals surface area contributed by atoms with Gasteiger partial charge in [0.2, 0.25) is 0 Å². The van der Waals surface area contributed by atoms with Gasteiger partial charge in [-0.1, -0.05) is 23.7 Å². The minimum absolute atomic E-state index is 0.0259. The number of ether oxygens (including phenoxy) is 1. The third-order valence-corrected chi connectivity index (χ3v) is 5.43. The third kappa shape index (κ3) is 4.06. The van der Waals surface area contributed by atoms with Crippen LogP contribution in [0.1, 0.15) is 10.6 Å². The number of halogens is 2. The van der Waals surface area contributed by atoms with Crippen molar-refractivity contribution in [1.82, 2.24) is 9.97 Å². The highest BCUT2D eigenvalue weighted by atomic mass is 35.5. The Morgan fingerprint density at radius 1 is 1.06 bits per heavy atom. The Balaban J connectivity index is 1.42. The summed E-state index contributed by atoms with van der Waals surface area (Å²) in [7, 11) is 1.52. The van der Waals surface area contributed by atoms with E-state index in [1.807, 2.05) is 30.3 Å². The van der Waals surface area contributed by atoms with Gasteiger partial charge < -0.3 is 19.5 Å². The number of hydrogen-bond acceptors (Lipinski definition) is 4. The number of aromatic nitrogens is 2. The van der Waals surface area contributed by atoms with Gasteiger partial charge in [0.25, 0.3) is 5.91 Å². The number of rotatable bonds is 5. The fourth-order valence-corrected chi connectivity index (χ4v) is 3.67. The number of amides is 1. The second-order valence-corrected chi connectivity index (χ2v) is 7.67. The average Bonchev–Trinajstić information content (AvgIpc) is 3.48. The van der Waals surface area contributed by atoms with Crippen molar-refractivity contribution < 1.29 is 18.3 Å². The zero-order valence-electron chi connectivity index (χ0n) is 17.4. The van der Waals surface area contributed by atoms with Crippen LogP contribution in [-0.2, 0) is 0 Å². The van der Waals surface area contributed by atoms with Crippen molar-refractivity contribution in [2.75, 3.05) is 12.4 Å². The highest BCUT2D eigenvalue weighted by Crippen LogP contribution is 2.32. The maximum Gasteiger partial charge on any atom is 0.291 e. The van der Waals surface area contributed by atoms with Gasteiger partial charge in [-0.3, -0.25) is 4.79 Å². The van der Waals surface area contributed by atoms with Crippen LogP contribution in [0.3, 0.4) is 0 Å². The lowest BCUT2D eigenvalue weighted by Gasteiger charge is -2.11. The summed E-state index contributed by atoms with van der Waals surface area (Å²) in [6, 6.07) is 20.5. The summed E-state index contributed by atoms with van der Waals surface area (Å²) in [5.74, 6) is 0.644. The molecule has 0 aliphatic heterocycles. The van der Waals surface area contributed by atoms with E-state index >= 15 is 0 Å². The first-order valence-electron chi connectivity index (χ1n) is 10.0. The third-order valence-electron chi connectivity index (χ3n) is 5.14. The van der Waals surface area contributed by atoms with E-state index < -0.39 is 11.7 Å². The first-order valence-corrected chi connectivity index (χ1v) is 10.4. The first kappa shape index (κ1) is 20.8. The molecule has 0 bridgehead atoms. The lowest BCUT2D eigenvalue weighted by molar-refractivity contribution is 0.0997. The minimum atomic E-state index is -0.527. The second kappa shape index (κ2) is 8.44. The maximum atomic E-state index is 13.4. The number of nitrogens with zero attached hydrogens (tertiary/aromatic N) is 1. The van der Waals surface area contributed by atoms with E-state index in [-0.39, 0.29) is 10.8 Å². The second-order valence-electron chi connectivity index (χ2n) is 7.26. The molecule has 5 rings (SSSR count). The van der Waals surface area contributed by atoms with Gasteiger partial charge in [-0.25, -0.2) is 9.37 Å². The first-order chi connectivity index (χ1) is 16.0. The van der Waals surface area contributed by atoms with Gasteiger partial charge in [0.1, 0.15) is 23.2 Å². The zero-order valence-corrected chi connectivity index (χ0v) is 18.1. The number of methoxy groups -OCH3 is 1. The number of nitrogens with one attached hydrogen (secondary N) is 2. The summed E-state index contributed by atoms with van der Waals surface area (Å²) in [6.45, 7) is 0. The Bertz CT molecular complexity index is 1460. The summed E-state index contributed by atoms with van der Waals surface area (Å²) < 4.78 is 24.5. The Hall–Kier alpha value is -4.10. The number of carbonyl (C=O) groups excluding carboxylic acids is 1. The molecule has 0 spiro atoms. The molecule has 8 heteroatoms. The van der Waals surface area contributed by atoms with Crippen molar-refractivity contribution in [2.24, 2.45) is 0 Å². The highest BCUT2D eigenvalue weighted by Gasteiger charge is 2.17. The van der Waals surface area contributed by atoms with Crippen LogP contribution in [0.5, 0.6) is 5.75 Å². The van der Waals surface area contributed by atoms with Crippen LogP contribution >= 0.6 is 11.6 Å². The number of imidazole rings is 1. The normalized spacial score (nSPS) is 11.0. The van der Waals surface area contributed by atoms with E-state index in [0.717, 1.165) is 16.6 Å². The fourth-order valence-electron chi connectivity index (χ4n) is 3.49. The molecule has 1 amide bonds. The number of hydrogen-bond donors (Lipinski definition) is 2. The number of para-hydroxylation sites is 2. The molecule has 2 N–H and O–H groups in total. The SMILES string of the molecule is COc1ccc(-c2nc3ccccc3[nH]2)cc1NC(=O)c1ccc(-c2ccc(F)c(Cl)c2)o1. The van der Waals surface area contributed by atoms with E-state index in [4.69, 9.17) is 20.8 Å². The summed E-state index contributed by atoms with van der Waals surface area (Å²) in [4.78, 5) is 20.7. The van der Waals surface area contributed by atoms with E-state index in [0.29, 0.717) is 28.6 Å². The molecule has 2 aromatic heterocycles.